The van der Waals surface area contributed by atoms with Crippen molar-refractivity contribution in [3.8, 4) is 17.2 Å². The van der Waals surface area contributed by atoms with E-state index < -0.39 is 5.97 Å². The van der Waals surface area contributed by atoms with Crippen molar-refractivity contribution in [1.82, 2.24) is 4.57 Å². The molecule has 0 radical (unpaired) electrons. The second-order valence-electron chi connectivity index (χ2n) is 3.61. The van der Waals surface area contributed by atoms with Crippen LogP contribution in [0.25, 0.3) is 5.69 Å². The molecule has 0 bridgehead atoms. The molecular weight excluding hydrogens is 234 g/mol. The summed E-state index contributed by atoms with van der Waals surface area (Å²) < 4.78 is 11.9. The fraction of sp³-hybridized carbons (Fsp3) is 0.154. The lowest BCUT2D eigenvalue weighted by Gasteiger charge is -2.12. The molecule has 0 aliphatic rings. The molecule has 0 unspecified atom stereocenters. The Balaban J connectivity index is 2.61. The predicted octanol–water partition coefficient (Wildman–Crippen LogP) is 2.19. The van der Waals surface area contributed by atoms with Gasteiger partial charge in [-0.3, -0.25) is 0 Å². The van der Waals surface area contributed by atoms with Crippen LogP contribution in [0.15, 0.2) is 36.5 Å². The molecule has 0 amide bonds. The average Bonchev–Trinajstić information content (AvgIpc) is 2.87. The normalized spacial score (nSPS) is 10.1. The van der Waals surface area contributed by atoms with Crippen molar-refractivity contribution >= 4 is 5.97 Å². The second kappa shape index (κ2) is 4.83. The molecule has 2 rings (SSSR count). The number of aromatic carboxylic acids is 1. The van der Waals surface area contributed by atoms with Gasteiger partial charge in [0, 0.05) is 12.3 Å². The zero-order chi connectivity index (χ0) is 13.1. The van der Waals surface area contributed by atoms with E-state index in [2.05, 4.69) is 0 Å². The van der Waals surface area contributed by atoms with Crippen LogP contribution >= 0.6 is 0 Å². The highest BCUT2D eigenvalue weighted by Gasteiger charge is 2.14. The topological polar surface area (TPSA) is 60.7 Å². The molecule has 1 N–H and O–H groups in total. The Bertz CT molecular complexity index is 574. The molecule has 0 fully saturated rings. The van der Waals surface area contributed by atoms with Crippen LogP contribution in [-0.4, -0.2) is 29.9 Å². The van der Waals surface area contributed by atoms with Gasteiger partial charge in [0.2, 0.25) is 0 Å². The first-order valence-electron chi connectivity index (χ1n) is 5.30. The lowest BCUT2D eigenvalue weighted by atomic mass is 10.2. The molecular formula is C13H13NO4. The molecule has 0 spiro atoms. The number of aromatic nitrogens is 1. The molecule has 1 aromatic carbocycles. The third-order valence-corrected chi connectivity index (χ3v) is 2.61. The molecule has 1 aromatic heterocycles. The number of methoxy groups -OCH3 is 2. The van der Waals surface area contributed by atoms with Crippen LogP contribution in [0.2, 0.25) is 0 Å². The van der Waals surface area contributed by atoms with Gasteiger partial charge in [-0.1, -0.05) is 0 Å². The molecule has 5 nitrogen and oxygen atoms in total. The first kappa shape index (κ1) is 12.0. The van der Waals surface area contributed by atoms with Gasteiger partial charge in [-0.05, 0) is 24.3 Å². The Kier molecular flexibility index (Phi) is 3.23. The van der Waals surface area contributed by atoms with Gasteiger partial charge in [-0.2, -0.15) is 0 Å². The Morgan fingerprint density at radius 3 is 2.61 bits per heavy atom. The number of ether oxygens (including phenoxy) is 2. The zero-order valence-corrected chi connectivity index (χ0v) is 10.1. The van der Waals surface area contributed by atoms with E-state index in [9.17, 15) is 4.79 Å². The zero-order valence-electron chi connectivity index (χ0n) is 10.1. The number of hydrogen-bond donors (Lipinski definition) is 1. The van der Waals surface area contributed by atoms with Crippen molar-refractivity contribution in [2.45, 2.75) is 0 Å². The van der Waals surface area contributed by atoms with Crippen molar-refractivity contribution in [3.05, 3.63) is 42.2 Å². The highest BCUT2D eigenvalue weighted by molar-refractivity contribution is 5.87. The van der Waals surface area contributed by atoms with Crippen LogP contribution in [0.4, 0.5) is 0 Å². The number of nitrogens with zero attached hydrogens (tertiary/aromatic N) is 1. The molecule has 94 valence electrons. The van der Waals surface area contributed by atoms with E-state index in [4.69, 9.17) is 14.6 Å². The molecule has 0 aliphatic heterocycles. The van der Waals surface area contributed by atoms with E-state index >= 15 is 0 Å². The summed E-state index contributed by atoms with van der Waals surface area (Å²) >= 11 is 0. The van der Waals surface area contributed by atoms with Gasteiger partial charge in [-0.15, -0.1) is 0 Å². The SMILES string of the molecule is COc1ccc(OC)c(-n2cccc2C(=O)O)c1. The van der Waals surface area contributed by atoms with E-state index in [0.29, 0.717) is 17.2 Å². The van der Waals surface area contributed by atoms with Gasteiger partial charge in [0.15, 0.2) is 0 Å². The van der Waals surface area contributed by atoms with E-state index in [1.807, 2.05) is 0 Å². The smallest absolute Gasteiger partial charge is 0.352 e. The van der Waals surface area contributed by atoms with Gasteiger partial charge in [0.1, 0.15) is 17.2 Å². The highest BCUT2D eigenvalue weighted by atomic mass is 16.5. The minimum atomic E-state index is -0.995. The lowest BCUT2D eigenvalue weighted by Crippen LogP contribution is -2.07. The van der Waals surface area contributed by atoms with Crippen molar-refractivity contribution in [3.63, 3.8) is 0 Å². The largest absolute Gasteiger partial charge is 0.497 e. The van der Waals surface area contributed by atoms with Crippen LogP contribution in [-0.2, 0) is 0 Å². The molecule has 0 aliphatic carbocycles. The Morgan fingerprint density at radius 2 is 2.00 bits per heavy atom. The summed E-state index contributed by atoms with van der Waals surface area (Å²) in [4.78, 5) is 11.1. The summed E-state index contributed by atoms with van der Waals surface area (Å²) in [6, 6.07) is 8.42. The van der Waals surface area contributed by atoms with Gasteiger partial charge >= 0.3 is 5.97 Å². The quantitative estimate of drug-likeness (QED) is 0.899. The predicted molar refractivity (Wildman–Crippen MR) is 65.8 cm³/mol. The fourth-order valence-corrected chi connectivity index (χ4v) is 1.75. The number of rotatable bonds is 4. The number of benzene rings is 1. The first-order chi connectivity index (χ1) is 8.67. The van der Waals surface area contributed by atoms with Gasteiger partial charge in [-0.25, -0.2) is 4.79 Å². The molecule has 0 atom stereocenters. The number of carboxylic acids is 1. The van der Waals surface area contributed by atoms with Gasteiger partial charge in [0.05, 0.1) is 19.9 Å². The minimum Gasteiger partial charge on any atom is -0.497 e. The summed E-state index contributed by atoms with van der Waals surface area (Å²) in [5.74, 6) is 0.218. The van der Waals surface area contributed by atoms with Gasteiger partial charge in [0.25, 0.3) is 0 Å². The van der Waals surface area contributed by atoms with E-state index in [0.717, 1.165) is 0 Å². The Hall–Kier alpha value is -2.43. The fourth-order valence-electron chi connectivity index (χ4n) is 1.75. The minimum absolute atomic E-state index is 0.168. The molecule has 1 heterocycles. The van der Waals surface area contributed by atoms with Crippen molar-refractivity contribution < 1.29 is 19.4 Å². The first-order valence-corrected chi connectivity index (χ1v) is 5.30. The number of carbonyl (C=O) groups is 1. The standard InChI is InChI=1S/C13H13NO4/c1-17-9-5-6-12(18-2)11(8-9)14-7-3-4-10(14)13(15)16/h3-8H,1-2H3,(H,15,16). The summed E-state index contributed by atoms with van der Waals surface area (Å²) in [6.45, 7) is 0. The number of carboxylic acid groups (broad SMARTS) is 1. The monoisotopic (exact) mass is 247 g/mol. The molecule has 18 heavy (non-hydrogen) atoms. The van der Waals surface area contributed by atoms with E-state index in [1.54, 1.807) is 42.1 Å². The number of hydrogen-bond acceptors (Lipinski definition) is 3. The van der Waals surface area contributed by atoms with Crippen LogP contribution in [0.3, 0.4) is 0 Å². The Labute approximate surface area is 104 Å². The highest BCUT2D eigenvalue weighted by Crippen LogP contribution is 2.28. The van der Waals surface area contributed by atoms with Crippen LogP contribution < -0.4 is 9.47 Å². The van der Waals surface area contributed by atoms with Crippen LogP contribution in [0.1, 0.15) is 10.5 Å². The summed E-state index contributed by atoms with van der Waals surface area (Å²) in [5, 5.41) is 9.11. The third kappa shape index (κ3) is 2.02. The summed E-state index contributed by atoms with van der Waals surface area (Å²) in [7, 11) is 3.09. The maximum atomic E-state index is 11.1. The van der Waals surface area contributed by atoms with Crippen LogP contribution in [0, 0.1) is 0 Å². The molecule has 2 aromatic rings. The van der Waals surface area contributed by atoms with Crippen molar-refractivity contribution in [2.24, 2.45) is 0 Å². The maximum Gasteiger partial charge on any atom is 0.352 e. The van der Waals surface area contributed by atoms with E-state index in [-0.39, 0.29) is 5.69 Å². The maximum absolute atomic E-state index is 11.1. The van der Waals surface area contributed by atoms with E-state index in [1.165, 1.54) is 13.2 Å². The van der Waals surface area contributed by atoms with Crippen molar-refractivity contribution in [1.29, 1.82) is 0 Å². The summed E-state index contributed by atoms with van der Waals surface area (Å²) in [5.41, 5.74) is 0.792. The second-order valence-corrected chi connectivity index (χ2v) is 3.61. The third-order valence-electron chi connectivity index (χ3n) is 2.61. The van der Waals surface area contributed by atoms with Crippen molar-refractivity contribution in [2.75, 3.05) is 14.2 Å². The average molecular weight is 247 g/mol. The van der Waals surface area contributed by atoms with Crippen LogP contribution in [0.5, 0.6) is 11.5 Å². The summed E-state index contributed by atoms with van der Waals surface area (Å²) in [6.07, 6.45) is 1.67. The Morgan fingerprint density at radius 1 is 1.22 bits per heavy atom. The lowest BCUT2D eigenvalue weighted by molar-refractivity contribution is 0.0688. The molecule has 0 saturated carbocycles. The molecule has 5 heteroatoms. The van der Waals surface area contributed by atoms with Gasteiger partial charge < -0.3 is 19.1 Å². The molecule has 0 saturated heterocycles.